The minimum Gasteiger partial charge on any atom is -0.309 e. The van der Waals surface area contributed by atoms with Gasteiger partial charge in [-0.15, -0.1) is 23.1 Å². The molecule has 0 aliphatic rings. The van der Waals surface area contributed by atoms with Gasteiger partial charge in [0, 0.05) is 14.6 Å². The van der Waals surface area contributed by atoms with Gasteiger partial charge in [0.15, 0.2) is 0 Å². The van der Waals surface area contributed by atoms with Crippen molar-refractivity contribution in [3.8, 4) is 0 Å². The van der Waals surface area contributed by atoms with E-state index in [-0.39, 0.29) is 11.5 Å². The Morgan fingerprint density at radius 2 is 1.80 bits per heavy atom. The number of nitrogens with one attached hydrogen (secondary N) is 1. The Kier molecular flexibility index (Phi) is 4.95. The van der Waals surface area contributed by atoms with E-state index < -0.39 is 0 Å². The Morgan fingerprint density at radius 3 is 2.35 bits per heavy atom. The third-order valence-corrected chi connectivity index (χ3v) is 5.78. The summed E-state index contributed by atoms with van der Waals surface area (Å²) < 4.78 is 0. The molecule has 1 nitrogen and oxygen atoms in total. The van der Waals surface area contributed by atoms with Crippen molar-refractivity contribution in [1.82, 2.24) is 5.32 Å². The number of thiophene rings is 1. The lowest BCUT2D eigenvalue weighted by Gasteiger charge is -2.19. The molecule has 1 N–H and O–H groups in total. The summed E-state index contributed by atoms with van der Waals surface area (Å²) in [6.45, 7) is 6.81. The average molecular weight is 306 g/mol. The Morgan fingerprint density at radius 1 is 1.10 bits per heavy atom. The fourth-order valence-electron chi connectivity index (χ4n) is 2.27. The van der Waals surface area contributed by atoms with Crippen LogP contribution in [0.25, 0.3) is 0 Å². The van der Waals surface area contributed by atoms with Gasteiger partial charge in [0.25, 0.3) is 0 Å². The van der Waals surface area contributed by atoms with Crippen LogP contribution in [0.3, 0.4) is 0 Å². The first-order valence-electron chi connectivity index (χ1n) is 6.87. The summed E-state index contributed by atoms with van der Waals surface area (Å²) >= 11 is 3.73. The Bertz CT molecular complexity index is 566. The summed E-state index contributed by atoms with van der Waals surface area (Å²) in [5.74, 6) is 0. The van der Waals surface area contributed by atoms with Gasteiger partial charge in [0.2, 0.25) is 0 Å². The molecule has 0 bridgehead atoms. The minimum absolute atomic E-state index is 0.222. The SMILES string of the molecule is CNC(c1ccc(C(C)(C)C)s1)c1ccccc1SC. The zero-order chi connectivity index (χ0) is 14.8. The molecule has 1 heterocycles. The standard InChI is InChI=1S/C17H23NS2/c1-17(2,3)15-11-10-14(20-15)16(18-4)12-8-6-7-9-13(12)19-5/h6-11,16,18H,1-5H3. The predicted octanol–water partition coefficient (Wildman–Crippen LogP) is 5.08. The molecule has 1 atom stereocenters. The van der Waals surface area contributed by atoms with Crippen LogP contribution in [-0.4, -0.2) is 13.3 Å². The van der Waals surface area contributed by atoms with Gasteiger partial charge < -0.3 is 5.32 Å². The number of hydrogen-bond donors (Lipinski definition) is 1. The molecule has 0 aliphatic heterocycles. The zero-order valence-electron chi connectivity index (χ0n) is 12.9. The van der Waals surface area contributed by atoms with Crippen molar-refractivity contribution in [3.05, 3.63) is 51.7 Å². The number of rotatable bonds is 4. The summed E-state index contributed by atoms with van der Waals surface area (Å²) in [5, 5.41) is 3.47. The lowest BCUT2D eigenvalue weighted by atomic mass is 9.95. The summed E-state index contributed by atoms with van der Waals surface area (Å²) in [5.41, 5.74) is 1.59. The molecule has 108 valence electrons. The zero-order valence-corrected chi connectivity index (χ0v) is 14.5. The van der Waals surface area contributed by atoms with Gasteiger partial charge in [-0.05, 0) is 42.5 Å². The highest BCUT2D eigenvalue weighted by atomic mass is 32.2. The van der Waals surface area contributed by atoms with Gasteiger partial charge in [-0.2, -0.15) is 0 Å². The maximum Gasteiger partial charge on any atom is 0.0679 e. The van der Waals surface area contributed by atoms with Crippen LogP contribution < -0.4 is 5.32 Å². The van der Waals surface area contributed by atoms with Gasteiger partial charge in [-0.3, -0.25) is 0 Å². The Hall–Kier alpha value is -0.770. The second kappa shape index (κ2) is 6.33. The molecule has 0 amide bonds. The van der Waals surface area contributed by atoms with Crippen molar-refractivity contribution in [1.29, 1.82) is 0 Å². The van der Waals surface area contributed by atoms with Crippen LogP contribution in [-0.2, 0) is 5.41 Å². The lowest BCUT2D eigenvalue weighted by Crippen LogP contribution is -2.17. The van der Waals surface area contributed by atoms with Crippen LogP contribution >= 0.6 is 23.1 Å². The molecule has 20 heavy (non-hydrogen) atoms. The first-order chi connectivity index (χ1) is 9.47. The van der Waals surface area contributed by atoms with Crippen LogP contribution in [0.1, 0.15) is 42.1 Å². The van der Waals surface area contributed by atoms with E-state index in [1.165, 1.54) is 20.2 Å². The van der Waals surface area contributed by atoms with E-state index in [9.17, 15) is 0 Å². The molecular weight excluding hydrogens is 282 g/mol. The first kappa shape index (κ1) is 15.6. The van der Waals surface area contributed by atoms with Gasteiger partial charge in [-0.25, -0.2) is 0 Å². The molecule has 1 aromatic carbocycles. The average Bonchev–Trinajstić information content (AvgIpc) is 2.90. The van der Waals surface area contributed by atoms with Crippen LogP contribution in [0.2, 0.25) is 0 Å². The maximum absolute atomic E-state index is 3.47. The van der Waals surface area contributed by atoms with E-state index in [0.717, 1.165) is 0 Å². The maximum atomic E-state index is 3.47. The molecule has 1 unspecified atom stereocenters. The van der Waals surface area contributed by atoms with E-state index in [1.54, 1.807) is 0 Å². The monoisotopic (exact) mass is 305 g/mol. The molecule has 0 spiro atoms. The number of benzene rings is 1. The van der Waals surface area contributed by atoms with E-state index in [1.807, 2.05) is 30.1 Å². The number of hydrogen-bond acceptors (Lipinski definition) is 3. The molecule has 2 aromatic rings. The number of thioether (sulfide) groups is 1. The smallest absolute Gasteiger partial charge is 0.0679 e. The van der Waals surface area contributed by atoms with Crippen LogP contribution in [0.5, 0.6) is 0 Å². The molecule has 0 aliphatic carbocycles. The second-order valence-electron chi connectivity index (χ2n) is 5.92. The van der Waals surface area contributed by atoms with Gasteiger partial charge in [-0.1, -0.05) is 39.0 Å². The van der Waals surface area contributed by atoms with Crippen molar-refractivity contribution in [2.24, 2.45) is 0 Å². The molecular formula is C17H23NS2. The van der Waals surface area contributed by atoms with Gasteiger partial charge >= 0.3 is 0 Å². The normalized spacial score (nSPS) is 13.4. The van der Waals surface area contributed by atoms with Crippen LogP contribution in [0, 0.1) is 0 Å². The minimum atomic E-state index is 0.222. The van der Waals surface area contributed by atoms with Crippen LogP contribution in [0.15, 0.2) is 41.3 Å². The largest absolute Gasteiger partial charge is 0.309 e. The lowest BCUT2D eigenvalue weighted by molar-refractivity contribution is 0.604. The van der Waals surface area contributed by atoms with E-state index in [0.29, 0.717) is 0 Å². The van der Waals surface area contributed by atoms with Gasteiger partial charge in [0.1, 0.15) is 0 Å². The fraction of sp³-hybridized carbons (Fsp3) is 0.412. The highest BCUT2D eigenvalue weighted by molar-refractivity contribution is 7.98. The van der Waals surface area contributed by atoms with Crippen molar-refractivity contribution < 1.29 is 0 Å². The Balaban J connectivity index is 2.40. The van der Waals surface area contributed by atoms with Gasteiger partial charge in [0.05, 0.1) is 6.04 Å². The molecule has 0 radical (unpaired) electrons. The molecule has 3 heteroatoms. The predicted molar refractivity (Wildman–Crippen MR) is 92.1 cm³/mol. The highest BCUT2D eigenvalue weighted by Crippen LogP contribution is 2.36. The topological polar surface area (TPSA) is 12.0 Å². The van der Waals surface area contributed by atoms with E-state index >= 15 is 0 Å². The fourth-order valence-corrected chi connectivity index (χ4v) is 4.10. The van der Waals surface area contributed by atoms with E-state index in [4.69, 9.17) is 0 Å². The third-order valence-electron chi connectivity index (χ3n) is 3.39. The molecule has 0 saturated heterocycles. The summed E-state index contributed by atoms with van der Waals surface area (Å²) in [6, 6.07) is 13.5. The van der Waals surface area contributed by atoms with Crippen molar-refractivity contribution in [3.63, 3.8) is 0 Å². The molecule has 0 fully saturated rings. The summed E-state index contributed by atoms with van der Waals surface area (Å²) in [4.78, 5) is 4.17. The summed E-state index contributed by atoms with van der Waals surface area (Å²) in [7, 11) is 2.04. The quantitative estimate of drug-likeness (QED) is 0.791. The van der Waals surface area contributed by atoms with Crippen molar-refractivity contribution in [2.45, 2.75) is 37.1 Å². The second-order valence-corrected chi connectivity index (χ2v) is 7.88. The highest BCUT2D eigenvalue weighted by Gasteiger charge is 2.21. The van der Waals surface area contributed by atoms with E-state index in [2.05, 4.69) is 68.7 Å². The third kappa shape index (κ3) is 3.27. The Labute approximate surface area is 130 Å². The molecule has 2 rings (SSSR count). The van der Waals surface area contributed by atoms with Crippen molar-refractivity contribution >= 4 is 23.1 Å². The molecule has 1 aromatic heterocycles. The summed E-state index contributed by atoms with van der Waals surface area (Å²) in [6.07, 6.45) is 2.14. The van der Waals surface area contributed by atoms with Crippen molar-refractivity contribution in [2.75, 3.05) is 13.3 Å². The molecule has 0 saturated carbocycles. The first-order valence-corrected chi connectivity index (χ1v) is 8.92. The van der Waals surface area contributed by atoms with Crippen LogP contribution in [0.4, 0.5) is 0 Å².